The summed E-state index contributed by atoms with van der Waals surface area (Å²) < 4.78 is 2.48. The Balaban J connectivity index is 0.000000946. The Morgan fingerprint density at radius 2 is 0.963 bits per heavy atom. The third-order valence-electron chi connectivity index (χ3n) is 16.5. The average molecular weight is 1170 g/mol. The quantitative estimate of drug-likeness (QED) is 0.0406. The molecule has 4 aromatic heterocycles. The van der Waals surface area contributed by atoms with Crippen molar-refractivity contribution in [3.8, 4) is 19.5 Å². The van der Waals surface area contributed by atoms with Crippen molar-refractivity contribution >= 4 is 101 Å². The molecule has 0 aliphatic rings. The second-order valence-electron chi connectivity index (χ2n) is 24.3. The van der Waals surface area contributed by atoms with Gasteiger partial charge in [-0.05, 0) is 109 Å². The number of rotatable bonds is 31. The van der Waals surface area contributed by atoms with Crippen molar-refractivity contribution < 1.29 is 19.2 Å². The van der Waals surface area contributed by atoms with Gasteiger partial charge in [-0.2, -0.15) is 0 Å². The summed E-state index contributed by atoms with van der Waals surface area (Å²) in [4.78, 5) is 63.4. The number of fused-ring (bicyclic) bond motifs is 6. The van der Waals surface area contributed by atoms with Crippen LogP contribution in [0.15, 0.2) is 24.3 Å². The van der Waals surface area contributed by atoms with E-state index < -0.39 is 0 Å². The van der Waals surface area contributed by atoms with Crippen LogP contribution in [0.3, 0.4) is 0 Å². The molecule has 6 rings (SSSR count). The number of benzene rings is 2. The average Bonchev–Trinajstić information content (AvgIpc) is 4.35. The Morgan fingerprint density at radius 1 is 0.525 bits per heavy atom. The zero-order chi connectivity index (χ0) is 59.4. The molecule has 6 aromatic rings. The molecule has 4 heterocycles. The molecule has 0 bridgehead atoms. The SMILES string of the molecule is CC.CCCCC(CC)CN(C)C.CCCCC(CC)Cc1cc2c(cc1CC(CC)CCCC)c1cc(C(C)(C)C)sc1c1sc(-c3sc(-c4sc(C(C)C)c(C=O)c4C=O)c(C=O)c3C(=O)N(C)CC(CC)CCCC)cc21. The molecule has 6 nitrogen and oxygen atoms in total. The van der Waals surface area contributed by atoms with Crippen molar-refractivity contribution in [1.29, 1.82) is 0 Å². The third kappa shape index (κ3) is 17.3. The highest BCUT2D eigenvalue weighted by molar-refractivity contribution is 7.32. The minimum atomic E-state index is -0.185. The fourth-order valence-electron chi connectivity index (χ4n) is 11.5. The van der Waals surface area contributed by atoms with Gasteiger partial charge in [-0.25, -0.2) is 0 Å². The van der Waals surface area contributed by atoms with E-state index in [1.165, 1.54) is 147 Å². The molecule has 0 N–H and O–H groups in total. The van der Waals surface area contributed by atoms with Crippen LogP contribution in [0.5, 0.6) is 0 Å². The molecular formula is C70H106N2O4S4. The van der Waals surface area contributed by atoms with E-state index in [4.69, 9.17) is 0 Å². The highest BCUT2D eigenvalue weighted by atomic mass is 32.1. The molecule has 0 aliphatic carbocycles. The van der Waals surface area contributed by atoms with Crippen LogP contribution in [0.25, 0.3) is 50.5 Å². The molecule has 4 unspecified atom stereocenters. The lowest BCUT2D eigenvalue weighted by molar-refractivity contribution is 0.0766. The highest BCUT2D eigenvalue weighted by Crippen LogP contribution is 2.53. The Morgan fingerprint density at radius 3 is 1.39 bits per heavy atom. The molecule has 0 spiro atoms. The molecule has 0 saturated carbocycles. The zero-order valence-electron chi connectivity index (χ0n) is 53.2. The van der Waals surface area contributed by atoms with E-state index >= 15 is 4.79 Å². The second-order valence-corrected chi connectivity index (χ2v) is 28.5. The first-order chi connectivity index (χ1) is 38.3. The highest BCUT2D eigenvalue weighted by Gasteiger charge is 2.33. The van der Waals surface area contributed by atoms with E-state index in [1.807, 2.05) is 51.0 Å². The summed E-state index contributed by atoms with van der Waals surface area (Å²) in [7, 11) is 6.19. The number of carbonyl (C=O) groups is 4. The van der Waals surface area contributed by atoms with Crippen molar-refractivity contribution in [2.75, 3.05) is 34.2 Å². The van der Waals surface area contributed by atoms with Crippen molar-refractivity contribution in [1.82, 2.24) is 9.80 Å². The number of thiophene rings is 4. The van der Waals surface area contributed by atoms with Crippen LogP contribution < -0.4 is 0 Å². The topological polar surface area (TPSA) is 74.8 Å². The molecule has 80 heavy (non-hydrogen) atoms. The van der Waals surface area contributed by atoms with Gasteiger partial charge in [0.2, 0.25) is 0 Å². The van der Waals surface area contributed by atoms with Crippen LogP contribution in [0.1, 0.15) is 275 Å². The third-order valence-corrected chi connectivity index (χ3v) is 22.4. The minimum absolute atomic E-state index is 0.00553. The lowest BCUT2D eigenvalue weighted by Gasteiger charge is -2.24. The number of nitrogens with zero attached hydrogens (tertiary/aromatic N) is 2. The maximum atomic E-state index is 15.2. The molecule has 0 aliphatic heterocycles. The molecule has 2 aromatic carbocycles. The fraction of sp³-hybridized carbons (Fsp3) is 0.629. The van der Waals surface area contributed by atoms with Gasteiger partial charge in [-0.3, -0.25) is 19.2 Å². The molecule has 0 radical (unpaired) electrons. The monoisotopic (exact) mass is 1170 g/mol. The van der Waals surface area contributed by atoms with Gasteiger partial charge in [0.25, 0.3) is 5.91 Å². The lowest BCUT2D eigenvalue weighted by atomic mass is 9.83. The van der Waals surface area contributed by atoms with Crippen LogP contribution in [0.4, 0.5) is 0 Å². The fourth-order valence-corrected chi connectivity index (χ4v) is 16.8. The van der Waals surface area contributed by atoms with Gasteiger partial charge in [-0.15, -0.1) is 45.3 Å². The first kappa shape index (κ1) is 69.0. The Hall–Kier alpha value is -3.54. The van der Waals surface area contributed by atoms with Gasteiger partial charge < -0.3 is 9.80 Å². The lowest BCUT2D eigenvalue weighted by Crippen LogP contribution is -2.32. The summed E-state index contributed by atoms with van der Waals surface area (Å²) in [5.74, 6) is 2.33. The van der Waals surface area contributed by atoms with Crippen LogP contribution in [0.2, 0.25) is 0 Å². The van der Waals surface area contributed by atoms with Crippen LogP contribution in [0, 0.1) is 23.7 Å². The number of amides is 1. The Kier molecular flexibility index (Phi) is 29.0. The largest absolute Gasteiger partial charge is 0.341 e. The summed E-state index contributed by atoms with van der Waals surface area (Å²) in [5, 5.41) is 5.04. The first-order valence-electron chi connectivity index (χ1n) is 31.4. The summed E-state index contributed by atoms with van der Waals surface area (Å²) in [6.07, 6.45) is 23.9. The van der Waals surface area contributed by atoms with E-state index in [0.29, 0.717) is 56.3 Å². The maximum Gasteiger partial charge on any atom is 0.255 e. The number of hydrogen-bond donors (Lipinski definition) is 0. The summed E-state index contributed by atoms with van der Waals surface area (Å²) in [5.41, 5.74) is 4.29. The number of carbonyl (C=O) groups excluding carboxylic acids is 4. The van der Waals surface area contributed by atoms with E-state index in [-0.39, 0.29) is 17.2 Å². The molecule has 444 valence electrons. The van der Waals surface area contributed by atoms with Crippen molar-refractivity contribution in [2.45, 2.75) is 231 Å². The number of unbranched alkanes of at least 4 members (excludes halogenated alkanes) is 4. The van der Waals surface area contributed by atoms with E-state index in [2.05, 4.69) is 119 Å². The summed E-state index contributed by atoms with van der Waals surface area (Å²) in [6.45, 7) is 35.0. The number of hydrogen-bond acceptors (Lipinski definition) is 9. The van der Waals surface area contributed by atoms with Crippen molar-refractivity contribution in [2.24, 2.45) is 23.7 Å². The minimum Gasteiger partial charge on any atom is -0.341 e. The van der Waals surface area contributed by atoms with Gasteiger partial charge in [0, 0.05) is 62.2 Å². The van der Waals surface area contributed by atoms with E-state index in [0.717, 1.165) is 84.4 Å². The predicted octanol–water partition coefficient (Wildman–Crippen LogP) is 22.2. The Bertz CT molecular complexity index is 2890. The van der Waals surface area contributed by atoms with Crippen LogP contribution in [-0.2, 0) is 18.3 Å². The zero-order valence-corrected chi connectivity index (χ0v) is 56.5. The van der Waals surface area contributed by atoms with Crippen molar-refractivity contribution in [3.63, 3.8) is 0 Å². The normalized spacial score (nSPS) is 13.3. The number of aldehydes is 3. The standard InChI is InChI=1S/C58H77NO4S4.C10H23N.C2H6/c1-13-19-22-36(16-4)25-39-27-41-42(28-40(39)26-37(17-5)23-20-14-2)44-30-49(58(9,10)11)65-53(44)52-43(41)29-48(64-52)56-50(57(63)59(12)31-38(18-6)24-21-15-3)47(34-62)55(67-56)54-46(33-61)45(32-60)51(66-54)35(7)8;1-5-7-8-10(6-2)9-11(3)4;1-2/h27-30,32-38H,13-26,31H2,1-12H3;10H,5-9H2,1-4H3;1-2H3. The van der Waals surface area contributed by atoms with E-state index in [1.54, 1.807) is 11.3 Å². The first-order valence-corrected chi connectivity index (χ1v) is 34.6. The molecule has 0 fully saturated rings. The van der Waals surface area contributed by atoms with Crippen LogP contribution >= 0.6 is 45.3 Å². The predicted molar refractivity (Wildman–Crippen MR) is 358 cm³/mol. The second kappa shape index (κ2) is 33.7. The molecule has 4 atom stereocenters. The molecule has 0 saturated heterocycles. The Labute approximate surface area is 502 Å². The molecule has 1 amide bonds. The van der Waals surface area contributed by atoms with Gasteiger partial charge in [-0.1, -0.05) is 206 Å². The van der Waals surface area contributed by atoms with Crippen molar-refractivity contribution in [3.05, 3.63) is 67.4 Å². The maximum absolute atomic E-state index is 15.2. The smallest absolute Gasteiger partial charge is 0.255 e. The van der Waals surface area contributed by atoms with Gasteiger partial charge >= 0.3 is 0 Å². The summed E-state index contributed by atoms with van der Waals surface area (Å²) in [6, 6.07) is 9.87. The molecule has 10 heteroatoms. The summed E-state index contributed by atoms with van der Waals surface area (Å²) >= 11 is 6.42. The van der Waals surface area contributed by atoms with Gasteiger partial charge in [0.1, 0.15) is 0 Å². The van der Waals surface area contributed by atoms with Crippen LogP contribution in [-0.4, -0.2) is 68.8 Å². The van der Waals surface area contributed by atoms with Gasteiger partial charge in [0.15, 0.2) is 18.9 Å². The molecular weight excluding hydrogens is 1060 g/mol. The van der Waals surface area contributed by atoms with Gasteiger partial charge in [0.05, 0.1) is 29.6 Å². The van der Waals surface area contributed by atoms with E-state index in [9.17, 15) is 14.4 Å².